The van der Waals surface area contributed by atoms with Crippen LogP contribution >= 0.6 is 0 Å². The lowest BCUT2D eigenvalue weighted by Gasteiger charge is -2.06. The van der Waals surface area contributed by atoms with E-state index in [1.54, 1.807) is 6.92 Å². The molecule has 0 saturated carbocycles. The summed E-state index contributed by atoms with van der Waals surface area (Å²) in [6.07, 6.45) is 0.388. The standard InChI is InChI=1S/C10H10FNO4/c1-3-6-4-8(11)9(12(14)15)5-7(6)10(13)16-2/h4-5H,3H2,1-2H3. The fraction of sp³-hybridized carbons (Fsp3) is 0.300. The molecule has 0 unspecified atom stereocenters. The van der Waals surface area contributed by atoms with Gasteiger partial charge in [-0.05, 0) is 18.1 Å². The molecule has 0 amide bonds. The molecular weight excluding hydrogens is 217 g/mol. The van der Waals surface area contributed by atoms with Crippen LogP contribution in [-0.2, 0) is 11.2 Å². The highest BCUT2D eigenvalue weighted by molar-refractivity contribution is 5.91. The van der Waals surface area contributed by atoms with E-state index in [0.29, 0.717) is 12.0 Å². The molecule has 0 aliphatic carbocycles. The number of benzene rings is 1. The molecule has 1 aromatic carbocycles. The molecule has 0 aromatic heterocycles. The van der Waals surface area contributed by atoms with Crippen LogP contribution in [0.15, 0.2) is 12.1 Å². The van der Waals surface area contributed by atoms with Gasteiger partial charge in [-0.15, -0.1) is 0 Å². The Labute approximate surface area is 91.0 Å². The molecule has 1 aromatic rings. The lowest BCUT2D eigenvalue weighted by atomic mass is 10.0. The average molecular weight is 227 g/mol. The summed E-state index contributed by atoms with van der Waals surface area (Å²) in [6, 6.07) is 1.89. The lowest BCUT2D eigenvalue weighted by molar-refractivity contribution is -0.387. The van der Waals surface area contributed by atoms with E-state index in [1.165, 1.54) is 0 Å². The smallest absolute Gasteiger partial charge is 0.338 e. The Hall–Kier alpha value is -1.98. The van der Waals surface area contributed by atoms with Gasteiger partial charge in [0.15, 0.2) is 0 Å². The van der Waals surface area contributed by atoms with E-state index in [-0.39, 0.29) is 5.56 Å². The summed E-state index contributed by atoms with van der Waals surface area (Å²) in [7, 11) is 1.16. The minimum Gasteiger partial charge on any atom is -0.465 e. The second kappa shape index (κ2) is 4.69. The van der Waals surface area contributed by atoms with Crippen LogP contribution < -0.4 is 0 Å². The van der Waals surface area contributed by atoms with E-state index in [9.17, 15) is 19.3 Å². The molecule has 16 heavy (non-hydrogen) atoms. The Morgan fingerprint density at radius 3 is 2.62 bits per heavy atom. The number of aryl methyl sites for hydroxylation is 1. The van der Waals surface area contributed by atoms with Crippen molar-refractivity contribution in [1.82, 2.24) is 0 Å². The molecule has 86 valence electrons. The van der Waals surface area contributed by atoms with Crippen LogP contribution in [0.5, 0.6) is 0 Å². The van der Waals surface area contributed by atoms with E-state index in [0.717, 1.165) is 19.2 Å². The van der Waals surface area contributed by atoms with Crippen molar-refractivity contribution in [2.75, 3.05) is 7.11 Å². The van der Waals surface area contributed by atoms with Crippen LogP contribution in [0, 0.1) is 15.9 Å². The van der Waals surface area contributed by atoms with Crippen molar-refractivity contribution in [3.05, 3.63) is 39.2 Å². The molecule has 0 aliphatic rings. The minimum atomic E-state index is -0.950. The lowest BCUT2D eigenvalue weighted by Crippen LogP contribution is -2.07. The van der Waals surface area contributed by atoms with Gasteiger partial charge in [-0.2, -0.15) is 4.39 Å². The zero-order valence-electron chi connectivity index (χ0n) is 8.82. The summed E-state index contributed by atoms with van der Waals surface area (Å²) < 4.78 is 17.7. The molecule has 0 spiro atoms. The molecule has 0 saturated heterocycles. The summed E-state index contributed by atoms with van der Waals surface area (Å²) in [4.78, 5) is 20.9. The Balaban J connectivity index is 3.40. The molecule has 0 bridgehead atoms. The largest absolute Gasteiger partial charge is 0.465 e. The summed E-state index contributed by atoms with van der Waals surface area (Å²) >= 11 is 0. The number of hydrogen-bond donors (Lipinski definition) is 0. The Bertz CT molecular complexity index is 445. The van der Waals surface area contributed by atoms with E-state index in [2.05, 4.69) is 4.74 Å². The first-order valence-electron chi connectivity index (χ1n) is 4.56. The number of carbonyl (C=O) groups excluding carboxylic acids is 1. The summed E-state index contributed by atoms with van der Waals surface area (Å²) in [5.41, 5.74) is -0.314. The second-order valence-electron chi connectivity index (χ2n) is 3.06. The van der Waals surface area contributed by atoms with Gasteiger partial charge in [-0.1, -0.05) is 6.92 Å². The summed E-state index contributed by atoms with van der Waals surface area (Å²) in [6.45, 7) is 1.72. The molecule has 0 N–H and O–H groups in total. The van der Waals surface area contributed by atoms with Gasteiger partial charge in [0.25, 0.3) is 0 Å². The zero-order chi connectivity index (χ0) is 12.3. The van der Waals surface area contributed by atoms with Crippen molar-refractivity contribution in [3.8, 4) is 0 Å². The third-order valence-electron chi connectivity index (χ3n) is 2.16. The van der Waals surface area contributed by atoms with Crippen molar-refractivity contribution in [2.45, 2.75) is 13.3 Å². The predicted molar refractivity (Wildman–Crippen MR) is 53.8 cm³/mol. The predicted octanol–water partition coefficient (Wildman–Crippen LogP) is 2.08. The van der Waals surface area contributed by atoms with Crippen molar-refractivity contribution in [2.24, 2.45) is 0 Å². The van der Waals surface area contributed by atoms with Crippen molar-refractivity contribution < 1.29 is 18.8 Å². The number of carbonyl (C=O) groups is 1. The monoisotopic (exact) mass is 227 g/mol. The molecule has 0 heterocycles. The summed E-state index contributed by atoms with van der Waals surface area (Å²) in [5.74, 6) is -1.66. The molecule has 0 fully saturated rings. The van der Waals surface area contributed by atoms with Gasteiger partial charge < -0.3 is 4.74 Å². The van der Waals surface area contributed by atoms with E-state index >= 15 is 0 Å². The molecule has 1 rings (SSSR count). The van der Waals surface area contributed by atoms with Gasteiger partial charge in [0.2, 0.25) is 5.82 Å². The maximum Gasteiger partial charge on any atom is 0.338 e. The number of nitrogens with zero attached hydrogens (tertiary/aromatic N) is 1. The molecular formula is C10H10FNO4. The Morgan fingerprint density at radius 1 is 1.56 bits per heavy atom. The number of esters is 1. The third kappa shape index (κ3) is 2.16. The van der Waals surface area contributed by atoms with Crippen molar-refractivity contribution in [3.63, 3.8) is 0 Å². The number of methoxy groups -OCH3 is 1. The molecule has 6 heteroatoms. The van der Waals surface area contributed by atoms with Crippen LogP contribution in [0.3, 0.4) is 0 Å². The quantitative estimate of drug-likeness (QED) is 0.450. The maximum absolute atomic E-state index is 13.2. The Morgan fingerprint density at radius 2 is 2.19 bits per heavy atom. The number of ether oxygens (including phenoxy) is 1. The van der Waals surface area contributed by atoms with Gasteiger partial charge in [0, 0.05) is 6.07 Å². The van der Waals surface area contributed by atoms with Gasteiger partial charge in [-0.3, -0.25) is 10.1 Å². The third-order valence-corrected chi connectivity index (χ3v) is 2.16. The van der Waals surface area contributed by atoms with Gasteiger partial charge in [-0.25, -0.2) is 4.79 Å². The number of rotatable bonds is 3. The zero-order valence-corrected chi connectivity index (χ0v) is 8.82. The highest BCUT2D eigenvalue weighted by atomic mass is 19.1. The van der Waals surface area contributed by atoms with Crippen molar-refractivity contribution in [1.29, 1.82) is 0 Å². The van der Waals surface area contributed by atoms with E-state index in [4.69, 9.17) is 0 Å². The van der Waals surface area contributed by atoms with Crippen LogP contribution in [0.4, 0.5) is 10.1 Å². The van der Waals surface area contributed by atoms with Crippen molar-refractivity contribution >= 4 is 11.7 Å². The first-order chi connectivity index (χ1) is 7.51. The normalized spacial score (nSPS) is 9.94. The first-order valence-corrected chi connectivity index (χ1v) is 4.56. The number of nitro benzene ring substituents is 1. The average Bonchev–Trinajstić information content (AvgIpc) is 2.27. The highest BCUT2D eigenvalue weighted by Crippen LogP contribution is 2.23. The molecule has 0 atom stereocenters. The number of halogens is 1. The first kappa shape index (κ1) is 12.1. The van der Waals surface area contributed by atoms with E-state index in [1.807, 2.05) is 0 Å². The van der Waals surface area contributed by atoms with Crippen LogP contribution in [-0.4, -0.2) is 18.0 Å². The fourth-order valence-electron chi connectivity index (χ4n) is 1.34. The molecule has 0 aliphatic heterocycles. The SMILES string of the molecule is CCc1cc(F)c([N+](=O)[O-])cc1C(=O)OC. The highest BCUT2D eigenvalue weighted by Gasteiger charge is 2.21. The topological polar surface area (TPSA) is 69.4 Å². The molecule has 5 nitrogen and oxygen atoms in total. The summed E-state index contributed by atoms with van der Waals surface area (Å²) in [5, 5.41) is 10.5. The van der Waals surface area contributed by atoms with Gasteiger partial charge in [0.1, 0.15) is 0 Å². The van der Waals surface area contributed by atoms with Gasteiger partial charge in [0.05, 0.1) is 17.6 Å². The number of hydrogen-bond acceptors (Lipinski definition) is 4. The van der Waals surface area contributed by atoms with Gasteiger partial charge >= 0.3 is 11.7 Å². The Kier molecular flexibility index (Phi) is 3.55. The second-order valence-corrected chi connectivity index (χ2v) is 3.06. The number of nitro groups is 1. The maximum atomic E-state index is 13.2. The van der Waals surface area contributed by atoms with Crippen LogP contribution in [0.1, 0.15) is 22.8 Å². The molecule has 0 radical (unpaired) electrons. The van der Waals surface area contributed by atoms with Crippen LogP contribution in [0.25, 0.3) is 0 Å². The van der Waals surface area contributed by atoms with E-state index < -0.39 is 22.4 Å². The fourth-order valence-corrected chi connectivity index (χ4v) is 1.34. The minimum absolute atomic E-state index is 0.0260. The van der Waals surface area contributed by atoms with Crippen LogP contribution in [0.2, 0.25) is 0 Å².